The van der Waals surface area contributed by atoms with Crippen molar-refractivity contribution < 1.29 is 14.3 Å². The van der Waals surface area contributed by atoms with Gasteiger partial charge in [-0.3, -0.25) is 4.79 Å². The summed E-state index contributed by atoms with van der Waals surface area (Å²) in [5.74, 6) is 0.940. The van der Waals surface area contributed by atoms with Gasteiger partial charge in [-0.25, -0.2) is 0 Å². The number of benzene rings is 2. The lowest BCUT2D eigenvalue weighted by Gasteiger charge is -2.06. The van der Waals surface area contributed by atoms with E-state index in [-0.39, 0.29) is 0 Å². The van der Waals surface area contributed by atoms with Gasteiger partial charge in [0.05, 0.1) is 14.2 Å². The molecule has 0 aliphatic rings. The fourth-order valence-corrected chi connectivity index (χ4v) is 4.11. The number of hydrogen-bond acceptors (Lipinski definition) is 4. The molecule has 0 bridgehead atoms. The van der Waals surface area contributed by atoms with Crippen LogP contribution < -0.4 is 14.3 Å². The van der Waals surface area contributed by atoms with Crippen molar-refractivity contribution in [2.75, 3.05) is 14.2 Å². The monoisotopic (exact) mass is 396 g/mol. The second-order valence-corrected chi connectivity index (χ2v) is 7.02. The van der Waals surface area contributed by atoms with E-state index in [4.69, 9.17) is 32.7 Å². The molecule has 1 aromatic heterocycles. The zero-order valence-corrected chi connectivity index (χ0v) is 16.0. The lowest BCUT2D eigenvalue weighted by molar-refractivity contribution is 0.0998. The molecule has 1 heterocycles. The van der Waals surface area contributed by atoms with E-state index >= 15 is 0 Å². The summed E-state index contributed by atoms with van der Waals surface area (Å²) in [6.07, 6.45) is 0. The molecule has 25 heavy (non-hydrogen) atoms. The van der Waals surface area contributed by atoms with Crippen LogP contribution in [-0.4, -0.2) is 24.7 Å². The zero-order valence-electron chi connectivity index (χ0n) is 13.7. The molecule has 0 saturated carbocycles. The van der Waals surface area contributed by atoms with Crippen molar-refractivity contribution in [3.8, 4) is 11.5 Å². The van der Waals surface area contributed by atoms with E-state index in [1.807, 2.05) is 19.2 Å². The second kappa shape index (κ2) is 7.07. The van der Waals surface area contributed by atoms with Crippen molar-refractivity contribution in [1.29, 1.82) is 0 Å². The van der Waals surface area contributed by atoms with Crippen molar-refractivity contribution in [1.82, 2.24) is 4.57 Å². The maximum atomic E-state index is 12.5. The Bertz CT molecular complexity index is 1020. The molecule has 0 fully saturated rings. The number of hydrogen-bond donors (Lipinski definition) is 0. The van der Waals surface area contributed by atoms with Gasteiger partial charge < -0.3 is 14.0 Å². The van der Waals surface area contributed by atoms with Crippen LogP contribution in [0.4, 0.5) is 0 Å². The molecular formula is C17H14Cl2N2O3S. The first-order valence-electron chi connectivity index (χ1n) is 7.20. The van der Waals surface area contributed by atoms with Gasteiger partial charge in [0.25, 0.3) is 5.91 Å². The summed E-state index contributed by atoms with van der Waals surface area (Å²) >= 11 is 13.3. The van der Waals surface area contributed by atoms with E-state index in [1.54, 1.807) is 24.9 Å². The first kappa shape index (κ1) is 17.8. The van der Waals surface area contributed by atoms with Gasteiger partial charge in [0, 0.05) is 22.7 Å². The molecule has 0 radical (unpaired) electrons. The largest absolute Gasteiger partial charge is 0.495 e. The number of thiazole rings is 1. The highest BCUT2D eigenvalue weighted by atomic mass is 35.5. The Labute approximate surface area is 158 Å². The van der Waals surface area contributed by atoms with Crippen LogP contribution in [0.15, 0.2) is 35.3 Å². The summed E-state index contributed by atoms with van der Waals surface area (Å²) in [5.41, 5.74) is 1.14. The van der Waals surface area contributed by atoms with E-state index < -0.39 is 5.91 Å². The van der Waals surface area contributed by atoms with Crippen LogP contribution in [0.3, 0.4) is 0 Å². The number of ether oxygens (including phenoxy) is 2. The van der Waals surface area contributed by atoms with Crippen LogP contribution in [0.25, 0.3) is 10.2 Å². The highest BCUT2D eigenvalue weighted by molar-refractivity contribution is 7.16. The van der Waals surface area contributed by atoms with E-state index in [2.05, 4.69) is 4.99 Å². The fourth-order valence-electron chi connectivity index (χ4n) is 2.46. The number of carbonyl (C=O) groups is 1. The molecule has 0 aliphatic carbocycles. The van der Waals surface area contributed by atoms with Crippen LogP contribution in [0.5, 0.6) is 11.5 Å². The van der Waals surface area contributed by atoms with Gasteiger partial charge in [0.1, 0.15) is 21.7 Å². The average Bonchev–Trinajstić information content (AvgIpc) is 2.90. The minimum atomic E-state index is -0.426. The van der Waals surface area contributed by atoms with Crippen molar-refractivity contribution in [2.24, 2.45) is 12.0 Å². The summed E-state index contributed by atoms with van der Waals surface area (Å²) in [6.45, 7) is 0. The van der Waals surface area contributed by atoms with Crippen LogP contribution in [0.1, 0.15) is 10.4 Å². The number of rotatable bonds is 3. The van der Waals surface area contributed by atoms with Crippen molar-refractivity contribution in [3.05, 3.63) is 50.7 Å². The normalized spacial score (nSPS) is 11.8. The Hall–Kier alpha value is -2.02. The quantitative estimate of drug-likeness (QED) is 0.662. The molecule has 8 heteroatoms. The number of amides is 1. The topological polar surface area (TPSA) is 52.8 Å². The fraction of sp³-hybridized carbons (Fsp3) is 0.176. The molecule has 3 rings (SSSR count). The summed E-state index contributed by atoms with van der Waals surface area (Å²) in [6, 6.07) is 8.27. The highest BCUT2D eigenvalue weighted by Crippen LogP contribution is 2.34. The van der Waals surface area contributed by atoms with Gasteiger partial charge in [-0.2, -0.15) is 4.99 Å². The Morgan fingerprint density at radius 3 is 2.28 bits per heavy atom. The number of carbonyl (C=O) groups excluding carboxylic acids is 1. The minimum Gasteiger partial charge on any atom is -0.495 e. The number of nitrogens with zero attached hydrogens (tertiary/aromatic N) is 2. The van der Waals surface area contributed by atoms with Crippen LogP contribution in [0.2, 0.25) is 10.0 Å². The SMILES string of the molecule is COc1ccc(OC)c2c1sc(=NC(=O)c1cc(Cl)cc(Cl)c1)n2C. The molecule has 0 atom stereocenters. The van der Waals surface area contributed by atoms with E-state index in [0.29, 0.717) is 31.9 Å². The van der Waals surface area contributed by atoms with Crippen molar-refractivity contribution >= 4 is 50.7 Å². The van der Waals surface area contributed by atoms with Gasteiger partial charge in [0.2, 0.25) is 0 Å². The standard InChI is InChI=1S/C17H14Cl2N2O3S/c1-21-14-12(23-2)4-5-13(24-3)15(14)25-17(21)20-16(22)9-6-10(18)8-11(19)7-9/h4-8H,1-3H3. The zero-order chi connectivity index (χ0) is 18.1. The van der Waals surface area contributed by atoms with Crippen LogP contribution >= 0.6 is 34.5 Å². The molecule has 0 unspecified atom stereocenters. The average molecular weight is 397 g/mol. The smallest absolute Gasteiger partial charge is 0.279 e. The molecule has 0 spiro atoms. The molecular weight excluding hydrogens is 383 g/mol. The predicted molar refractivity (Wildman–Crippen MR) is 100 cm³/mol. The summed E-state index contributed by atoms with van der Waals surface area (Å²) in [7, 11) is 5.00. The molecule has 130 valence electrons. The minimum absolute atomic E-state index is 0.328. The maximum Gasteiger partial charge on any atom is 0.279 e. The number of halogens is 2. The third-order valence-corrected chi connectivity index (χ3v) is 5.20. The van der Waals surface area contributed by atoms with Crippen LogP contribution in [0, 0.1) is 0 Å². The molecule has 0 saturated heterocycles. The van der Waals surface area contributed by atoms with Crippen LogP contribution in [-0.2, 0) is 7.05 Å². The number of fused-ring (bicyclic) bond motifs is 1. The predicted octanol–water partition coefficient (Wildman–Crippen LogP) is 4.30. The third-order valence-electron chi connectivity index (χ3n) is 3.62. The first-order chi connectivity index (χ1) is 11.9. The van der Waals surface area contributed by atoms with Gasteiger partial charge in [-0.15, -0.1) is 0 Å². The number of methoxy groups -OCH3 is 2. The van der Waals surface area contributed by atoms with Crippen molar-refractivity contribution in [2.45, 2.75) is 0 Å². The lowest BCUT2D eigenvalue weighted by atomic mass is 10.2. The molecule has 3 aromatic rings. The number of aromatic nitrogens is 1. The lowest BCUT2D eigenvalue weighted by Crippen LogP contribution is -2.13. The Kier molecular flexibility index (Phi) is 5.03. The molecule has 0 aliphatic heterocycles. The van der Waals surface area contributed by atoms with E-state index in [0.717, 1.165) is 10.2 Å². The van der Waals surface area contributed by atoms with E-state index in [9.17, 15) is 4.79 Å². The number of aryl methyl sites for hydroxylation is 1. The summed E-state index contributed by atoms with van der Waals surface area (Å²) in [4.78, 5) is 17.2. The van der Waals surface area contributed by atoms with Gasteiger partial charge in [-0.1, -0.05) is 34.5 Å². The summed E-state index contributed by atoms with van der Waals surface area (Å²) in [5, 5.41) is 0.769. The highest BCUT2D eigenvalue weighted by Gasteiger charge is 2.15. The Morgan fingerprint density at radius 1 is 1.08 bits per heavy atom. The Balaban J connectivity index is 2.19. The Morgan fingerprint density at radius 2 is 1.68 bits per heavy atom. The first-order valence-corrected chi connectivity index (χ1v) is 8.77. The molecule has 2 aromatic carbocycles. The van der Waals surface area contributed by atoms with Gasteiger partial charge in [0.15, 0.2) is 4.80 Å². The molecule has 5 nitrogen and oxygen atoms in total. The van der Waals surface area contributed by atoms with Gasteiger partial charge in [-0.05, 0) is 30.3 Å². The van der Waals surface area contributed by atoms with E-state index in [1.165, 1.54) is 23.5 Å². The molecule has 1 amide bonds. The van der Waals surface area contributed by atoms with Gasteiger partial charge >= 0.3 is 0 Å². The molecule has 0 N–H and O–H groups in total. The maximum absolute atomic E-state index is 12.5. The summed E-state index contributed by atoms with van der Waals surface area (Å²) < 4.78 is 13.5. The second-order valence-electron chi connectivity index (χ2n) is 5.17. The van der Waals surface area contributed by atoms with Crippen molar-refractivity contribution in [3.63, 3.8) is 0 Å². The third kappa shape index (κ3) is 3.38.